The van der Waals surface area contributed by atoms with Crippen molar-refractivity contribution in [3.8, 4) is 0 Å². The summed E-state index contributed by atoms with van der Waals surface area (Å²) >= 11 is 0. The van der Waals surface area contributed by atoms with E-state index in [1.807, 2.05) is 6.07 Å². The number of rotatable bonds is 2. The number of halogens is 1. The highest BCUT2D eigenvalue weighted by Gasteiger charge is 2.42. The van der Waals surface area contributed by atoms with E-state index in [4.69, 9.17) is 15.2 Å². The molecule has 1 spiro atoms. The first kappa shape index (κ1) is 14.0. The molecular weight excluding hydrogens is 257 g/mol. The van der Waals surface area contributed by atoms with Gasteiger partial charge in [-0.1, -0.05) is 12.1 Å². The van der Waals surface area contributed by atoms with Gasteiger partial charge in [0.1, 0.15) is 5.82 Å². The Morgan fingerprint density at radius 1 is 1.40 bits per heavy atom. The second kappa shape index (κ2) is 5.43. The molecule has 3 unspecified atom stereocenters. The van der Waals surface area contributed by atoms with Crippen LogP contribution < -0.4 is 5.73 Å². The first-order chi connectivity index (χ1) is 9.60. The van der Waals surface area contributed by atoms with E-state index < -0.39 is 0 Å². The first-order valence-corrected chi connectivity index (χ1v) is 7.33. The van der Waals surface area contributed by atoms with Crippen LogP contribution in [0.3, 0.4) is 0 Å². The fraction of sp³-hybridized carbons (Fsp3) is 0.625. The molecule has 2 aliphatic rings. The Balaban J connectivity index is 1.75. The molecule has 1 aromatic carbocycles. The number of aryl methyl sites for hydroxylation is 1. The Kier molecular flexibility index (Phi) is 3.80. The van der Waals surface area contributed by atoms with E-state index in [1.54, 1.807) is 19.1 Å². The minimum atomic E-state index is -0.177. The van der Waals surface area contributed by atoms with E-state index in [2.05, 4.69) is 0 Å². The van der Waals surface area contributed by atoms with Gasteiger partial charge in [0.15, 0.2) is 0 Å². The lowest BCUT2D eigenvalue weighted by atomic mass is 9.79. The Morgan fingerprint density at radius 3 is 2.95 bits per heavy atom. The van der Waals surface area contributed by atoms with Crippen molar-refractivity contribution in [2.24, 2.45) is 11.7 Å². The van der Waals surface area contributed by atoms with E-state index >= 15 is 0 Å². The zero-order chi connectivity index (χ0) is 14.2. The largest absolute Gasteiger partial charge is 0.378 e. The van der Waals surface area contributed by atoms with Crippen LogP contribution >= 0.6 is 0 Å². The van der Waals surface area contributed by atoms with Crippen LogP contribution in [-0.4, -0.2) is 25.4 Å². The number of nitrogens with two attached hydrogens (primary N) is 1. The van der Waals surface area contributed by atoms with Crippen LogP contribution in [0.5, 0.6) is 0 Å². The molecular formula is C16H22FNO2. The average Bonchev–Trinajstić information content (AvgIpc) is 2.89. The monoisotopic (exact) mass is 279 g/mol. The highest BCUT2D eigenvalue weighted by atomic mass is 19.1. The van der Waals surface area contributed by atoms with E-state index in [0.717, 1.165) is 38.0 Å². The highest BCUT2D eigenvalue weighted by Crippen LogP contribution is 2.40. The zero-order valence-corrected chi connectivity index (χ0v) is 11.9. The van der Waals surface area contributed by atoms with Crippen LogP contribution in [-0.2, 0) is 9.47 Å². The number of hydrogen-bond donors (Lipinski definition) is 1. The third-order valence-electron chi connectivity index (χ3n) is 4.69. The summed E-state index contributed by atoms with van der Waals surface area (Å²) < 4.78 is 25.1. The van der Waals surface area contributed by atoms with Crippen LogP contribution in [0.25, 0.3) is 0 Å². The summed E-state index contributed by atoms with van der Waals surface area (Å²) in [4.78, 5) is 0. The fourth-order valence-electron chi connectivity index (χ4n) is 3.32. The minimum Gasteiger partial charge on any atom is -0.378 e. The van der Waals surface area contributed by atoms with Crippen molar-refractivity contribution in [2.45, 2.75) is 37.8 Å². The Hall–Kier alpha value is -0.970. The molecule has 2 aliphatic heterocycles. The highest BCUT2D eigenvalue weighted by molar-refractivity contribution is 5.26. The maximum atomic E-state index is 13.7. The van der Waals surface area contributed by atoms with Crippen molar-refractivity contribution in [3.63, 3.8) is 0 Å². The van der Waals surface area contributed by atoms with Crippen molar-refractivity contribution in [2.75, 3.05) is 19.8 Å². The van der Waals surface area contributed by atoms with Gasteiger partial charge in [0.2, 0.25) is 0 Å². The summed E-state index contributed by atoms with van der Waals surface area (Å²) in [5, 5.41) is 0. The summed E-state index contributed by atoms with van der Waals surface area (Å²) in [6, 6.07) is 5.19. The SMILES string of the molecule is Cc1ccc(C(N)C2CCOC3(CCOC3)C2)cc1F. The van der Waals surface area contributed by atoms with Gasteiger partial charge in [0, 0.05) is 25.7 Å². The van der Waals surface area contributed by atoms with Gasteiger partial charge < -0.3 is 15.2 Å². The topological polar surface area (TPSA) is 44.5 Å². The van der Waals surface area contributed by atoms with Crippen molar-refractivity contribution in [3.05, 3.63) is 35.1 Å². The maximum absolute atomic E-state index is 13.7. The lowest BCUT2D eigenvalue weighted by molar-refractivity contribution is -0.101. The van der Waals surface area contributed by atoms with Gasteiger partial charge in [-0.05, 0) is 42.9 Å². The molecule has 0 bridgehead atoms. The third-order valence-corrected chi connectivity index (χ3v) is 4.69. The van der Waals surface area contributed by atoms with Crippen LogP contribution in [0.15, 0.2) is 18.2 Å². The molecule has 0 aliphatic carbocycles. The first-order valence-electron chi connectivity index (χ1n) is 7.33. The van der Waals surface area contributed by atoms with Gasteiger partial charge in [-0.25, -0.2) is 4.39 Å². The molecule has 3 atom stereocenters. The Labute approximate surface area is 119 Å². The van der Waals surface area contributed by atoms with E-state index in [0.29, 0.717) is 18.1 Å². The standard InChI is InChI=1S/C16H22FNO2/c1-11-2-3-12(8-14(11)17)15(18)13-4-6-20-16(9-13)5-7-19-10-16/h2-3,8,13,15H,4-7,9-10,18H2,1H3. The van der Waals surface area contributed by atoms with Gasteiger partial charge in [-0.2, -0.15) is 0 Å². The molecule has 1 aromatic rings. The second-order valence-corrected chi connectivity index (χ2v) is 6.12. The van der Waals surface area contributed by atoms with Gasteiger partial charge in [-0.15, -0.1) is 0 Å². The van der Waals surface area contributed by atoms with Crippen LogP contribution in [0.1, 0.15) is 36.4 Å². The number of hydrogen-bond acceptors (Lipinski definition) is 3. The zero-order valence-electron chi connectivity index (χ0n) is 11.9. The molecule has 2 N–H and O–H groups in total. The van der Waals surface area contributed by atoms with Crippen LogP contribution in [0.4, 0.5) is 4.39 Å². The Bertz CT molecular complexity index is 485. The number of benzene rings is 1. The molecule has 110 valence electrons. The van der Waals surface area contributed by atoms with Gasteiger partial charge in [-0.3, -0.25) is 0 Å². The van der Waals surface area contributed by atoms with E-state index in [-0.39, 0.29) is 17.5 Å². The summed E-state index contributed by atoms with van der Waals surface area (Å²) in [6.45, 7) is 3.92. The summed E-state index contributed by atoms with van der Waals surface area (Å²) in [7, 11) is 0. The molecule has 0 radical (unpaired) electrons. The van der Waals surface area contributed by atoms with Crippen LogP contribution in [0.2, 0.25) is 0 Å². The lowest BCUT2D eigenvalue weighted by Gasteiger charge is -2.39. The number of ether oxygens (including phenoxy) is 2. The smallest absolute Gasteiger partial charge is 0.126 e. The van der Waals surface area contributed by atoms with E-state index in [9.17, 15) is 4.39 Å². The molecule has 2 saturated heterocycles. The molecule has 2 heterocycles. The predicted octanol–water partition coefficient (Wildman–Crippen LogP) is 2.72. The molecule has 0 aromatic heterocycles. The lowest BCUT2D eigenvalue weighted by Crippen LogP contribution is -2.43. The van der Waals surface area contributed by atoms with Gasteiger partial charge in [0.25, 0.3) is 0 Å². The quantitative estimate of drug-likeness (QED) is 0.905. The third kappa shape index (κ3) is 2.60. The summed E-state index contributed by atoms with van der Waals surface area (Å²) in [5.74, 6) is 0.150. The van der Waals surface area contributed by atoms with Gasteiger partial charge in [0.05, 0.1) is 12.2 Å². The van der Waals surface area contributed by atoms with Crippen molar-refractivity contribution in [1.82, 2.24) is 0 Å². The molecule has 3 nitrogen and oxygen atoms in total. The second-order valence-electron chi connectivity index (χ2n) is 6.12. The Morgan fingerprint density at radius 2 is 2.25 bits per heavy atom. The minimum absolute atomic E-state index is 0.133. The van der Waals surface area contributed by atoms with E-state index in [1.165, 1.54) is 0 Å². The molecule has 3 rings (SSSR count). The maximum Gasteiger partial charge on any atom is 0.126 e. The molecule has 2 fully saturated rings. The van der Waals surface area contributed by atoms with Crippen molar-refractivity contribution >= 4 is 0 Å². The fourth-order valence-corrected chi connectivity index (χ4v) is 3.32. The van der Waals surface area contributed by atoms with Crippen LogP contribution in [0, 0.1) is 18.7 Å². The predicted molar refractivity (Wildman–Crippen MR) is 74.9 cm³/mol. The molecule has 0 saturated carbocycles. The molecule has 0 amide bonds. The average molecular weight is 279 g/mol. The van der Waals surface area contributed by atoms with Gasteiger partial charge >= 0.3 is 0 Å². The normalized spacial score (nSPS) is 31.6. The van der Waals surface area contributed by atoms with Crippen molar-refractivity contribution < 1.29 is 13.9 Å². The molecule has 20 heavy (non-hydrogen) atoms. The molecule has 4 heteroatoms. The van der Waals surface area contributed by atoms with Crippen molar-refractivity contribution in [1.29, 1.82) is 0 Å². The summed E-state index contributed by atoms with van der Waals surface area (Å²) in [6.07, 6.45) is 2.78. The summed E-state index contributed by atoms with van der Waals surface area (Å²) in [5.41, 5.74) is 7.77.